The van der Waals surface area contributed by atoms with E-state index in [4.69, 9.17) is 11.6 Å². The number of carbonyl (C=O) groups excluding carboxylic acids is 1. The number of aryl methyl sites for hydroxylation is 2. The Bertz CT molecular complexity index is 670. The van der Waals surface area contributed by atoms with Crippen LogP contribution in [0.3, 0.4) is 0 Å². The molecule has 22 heavy (non-hydrogen) atoms. The molecule has 2 N–H and O–H groups in total. The Morgan fingerprint density at radius 2 is 1.95 bits per heavy atom. The molecule has 116 valence electrons. The van der Waals surface area contributed by atoms with Crippen molar-refractivity contribution in [3.63, 3.8) is 0 Å². The Balaban J connectivity index is 1.91. The summed E-state index contributed by atoms with van der Waals surface area (Å²) in [6.45, 7) is 6.25. The van der Waals surface area contributed by atoms with Crippen molar-refractivity contribution >= 4 is 23.2 Å². The topological polar surface area (TPSA) is 41.1 Å². The fourth-order valence-corrected chi connectivity index (χ4v) is 2.40. The zero-order valence-electron chi connectivity index (χ0n) is 13.1. The molecule has 0 aromatic heterocycles. The monoisotopic (exact) mass is 316 g/mol. The smallest absolute Gasteiger partial charge is 0.238 e. The number of benzene rings is 2. The molecular weight excluding hydrogens is 296 g/mol. The zero-order chi connectivity index (χ0) is 16.1. The van der Waals surface area contributed by atoms with E-state index in [0.717, 1.165) is 22.4 Å². The summed E-state index contributed by atoms with van der Waals surface area (Å²) >= 11 is 5.98. The normalized spacial score (nSPS) is 12.0. The Kier molecular flexibility index (Phi) is 5.58. The minimum absolute atomic E-state index is 0.0532. The molecule has 0 bridgehead atoms. The van der Waals surface area contributed by atoms with Crippen LogP contribution < -0.4 is 10.6 Å². The summed E-state index contributed by atoms with van der Waals surface area (Å²) in [5, 5.41) is 6.85. The molecule has 4 heteroatoms. The third-order valence-electron chi connectivity index (χ3n) is 3.58. The summed E-state index contributed by atoms with van der Waals surface area (Å²) in [4.78, 5) is 12.1. The van der Waals surface area contributed by atoms with Crippen molar-refractivity contribution < 1.29 is 4.79 Å². The summed E-state index contributed by atoms with van der Waals surface area (Å²) in [5.74, 6) is -0.0532. The standard InChI is InChI=1S/C18H21ClN2O/c1-12-7-8-13(2)17(9-12)21-18(22)11-20-14(3)15-5-4-6-16(19)10-15/h4-10,14,20H,11H2,1-3H3,(H,21,22)/t14-/m0/s1. The Hall–Kier alpha value is -1.84. The maximum Gasteiger partial charge on any atom is 0.238 e. The van der Waals surface area contributed by atoms with Crippen molar-refractivity contribution in [2.24, 2.45) is 0 Å². The molecule has 1 atom stereocenters. The third-order valence-corrected chi connectivity index (χ3v) is 3.82. The van der Waals surface area contributed by atoms with E-state index >= 15 is 0 Å². The van der Waals surface area contributed by atoms with Gasteiger partial charge in [0.05, 0.1) is 6.54 Å². The highest BCUT2D eigenvalue weighted by molar-refractivity contribution is 6.30. The molecule has 0 saturated carbocycles. The van der Waals surface area contributed by atoms with Crippen LogP contribution in [0.2, 0.25) is 5.02 Å². The van der Waals surface area contributed by atoms with Crippen LogP contribution in [0.5, 0.6) is 0 Å². The van der Waals surface area contributed by atoms with Crippen molar-refractivity contribution in [3.8, 4) is 0 Å². The van der Waals surface area contributed by atoms with E-state index in [9.17, 15) is 4.79 Å². The molecule has 0 heterocycles. The van der Waals surface area contributed by atoms with Gasteiger partial charge in [0.1, 0.15) is 0 Å². The number of hydrogen-bond acceptors (Lipinski definition) is 2. The first-order chi connectivity index (χ1) is 10.5. The first-order valence-electron chi connectivity index (χ1n) is 7.31. The lowest BCUT2D eigenvalue weighted by atomic mass is 10.1. The number of halogens is 1. The second-order valence-electron chi connectivity index (χ2n) is 5.52. The van der Waals surface area contributed by atoms with Crippen molar-refractivity contribution in [1.82, 2.24) is 5.32 Å². The quantitative estimate of drug-likeness (QED) is 0.866. The van der Waals surface area contributed by atoms with Crippen LogP contribution in [0.4, 0.5) is 5.69 Å². The van der Waals surface area contributed by atoms with Gasteiger partial charge in [0.15, 0.2) is 0 Å². The van der Waals surface area contributed by atoms with Crippen molar-refractivity contribution in [2.75, 3.05) is 11.9 Å². The highest BCUT2D eigenvalue weighted by atomic mass is 35.5. The first-order valence-corrected chi connectivity index (χ1v) is 7.69. The Morgan fingerprint density at radius 1 is 1.18 bits per heavy atom. The van der Waals surface area contributed by atoms with Crippen LogP contribution in [0.25, 0.3) is 0 Å². The largest absolute Gasteiger partial charge is 0.325 e. The summed E-state index contributed by atoms with van der Waals surface area (Å²) in [7, 11) is 0. The van der Waals surface area contributed by atoms with Gasteiger partial charge in [-0.1, -0.05) is 35.9 Å². The van der Waals surface area contributed by atoms with E-state index in [1.54, 1.807) is 0 Å². The molecule has 0 spiro atoms. The van der Waals surface area contributed by atoms with Crippen molar-refractivity contribution in [2.45, 2.75) is 26.8 Å². The van der Waals surface area contributed by atoms with Crippen LogP contribution in [-0.2, 0) is 4.79 Å². The second-order valence-corrected chi connectivity index (χ2v) is 5.96. The lowest BCUT2D eigenvalue weighted by Gasteiger charge is -2.15. The maximum absolute atomic E-state index is 12.1. The Morgan fingerprint density at radius 3 is 2.68 bits per heavy atom. The van der Waals surface area contributed by atoms with Gasteiger partial charge in [-0.2, -0.15) is 0 Å². The van der Waals surface area contributed by atoms with E-state index in [1.807, 2.05) is 63.2 Å². The molecule has 2 aromatic carbocycles. The number of rotatable bonds is 5. The average molecular weight is 317 g/mol. The van der Waals surface area contributed by atoms with Crippen molar-refractivity contribution in [3.05, 3.63) is 64.2 Å². The van der Waals surface area contributed by atoms with Gasteiger partial charge in [-0.15, -0.1) is 0 Å². The molecule has 0 radical (unpaired) electrons. The fraction of sp³-hybridized carbons (Fsp3) is 0.278. The first kappa shape index (κ1) is 16.5. The van der Waals surface area contributed by atoms with Crippen LogP contribution in [0, 0.1) is 13.8 Å². The van der Waals surface area contributed by atoms with Crippen LogP contribution in [-0.4, -0.2) is 12.5 Å². The predicted octanol–water partition coefficient (Wildman–Crippen LogP) is 4.25. The molecule has 3 nitrogen and oxygen atoms in total. The van der Waals surface area contributed by atoms with Gasteiger partial charge >= 0.3 is 0 Å². The molecule has 2 rings (SSSR count). The van der Waals surface area contributed by atoms with Crippen LogP contribution in [0.15, 0.2) is 42.5 Å². The lowest BCUT2D eigenvalue weighted by Crippen LogP contribution is -2.30. The van der Waals surface area contributed by atoms with Gasteiger partial charge in [0.2, 0.25) is 5.91 Å². The summed E-state index contributed by atoms with van der Waals surface area (Å²) in [6.07, 6.45) is 0. The number of amides is 1. The molecule has 0 aliphatic carbocycles. The van der Waals surface area contributed by atoms with Gasteiger partial charge in [-0.05, 0) is 55.7 Å². The minimum atomic E-state index is -0.0532. The predicted molar refractivity (Wildman–Crippen MR) is 92.4 cm³/mol. The summed E-state index contributed by atoms with van der Waals surface area (Å²) in [6, 6.07) is 13.7. The number of hydrogen-bond donors (Lipinski definition) is 2. The van der Waals surface area contributed by atoms with Gasteiger partial charge in [-0.25, -0.2) is 0 Å². The summed E-state index contributed by atoms with van der Waals surface area (Å²) in [5.41, 5.74) is 4.11. The highest BCUT2D eigenvalue weighted by Crippen LogP contribution is 2.18. The second kappa shape index (κ2) is 7.43. The van der Waals surface area contributed by atoms with Gasteiger partial charge in [-0.3, -0.25) is 4.79 Å². The molecule has 0 unspecified atom stereocenters. The van der Waals surface area contributed by atoms with Gasteiger partial charge in [0, 0.05) is 16.8 Å². The van der Waals surface area contributed by atoms with Gasteiger partial charge in [0.25, 0.3) is 0 Å². The maximum atomic E-state index is 12.1. The minimum Gasteiger partial charge on any atom is -0.325 e. The van der Waals surface area contributed by atoms with E-state index in [-0.39, 0.29) is 18.5 Å². The van der Waals surface area contributed by atoms with Crippen molar-refractivity contribution in [1.29, 1.82) is 0 Å². The van der Waals surface area contributed by atoms with Crippen LogP contribution in [0.1, 0.15) is 29.7 Å². The summed E-state index contributed by atoms with van der Waals surface area (Å²) < 4.78 is 0. The molecular formula is C18H21ClN2O. The molecule has 2 aromatic rings. The molecule has 0 aliphatic heterocycles. The zero-order valence-corrected chi connectivity index (χ0v) is 13.9. The molecule has 0 aliphatic rings. The SMILES string of the molecule is Cc1ccc(C)c(NC(=O)CN[C@@H](C)c2cccc(Cl)c2)c1. The number of carbonyl (C=O) groups is 1. The van der Waals surface area contributed by atoms with E-state index in [0.29, 0.717) is 5.02 Å². The van der Waals surface area contributed by atoms with E-state index in [1.165, 1.54) is 0 Å². The third kappa shape index (κ3) is 4.58. The number of nitrogens with one attached hydrogen (secondary N) is 2. The molecule has 0 fully saturated rings. The average Bonchev–Trinajstić information content (AvgIpc) is 2.48. The number of anilines is 1. The highest BCUT2D eigenvalue weighted by Gasteiger charge is 2.09. The van der Waals surface area contributed by atoms with Crippen LogP contribution >= 0.6 is 11.6 Å². The molecule has 0 saturated heterocycles. The van der Waals surface area contributed by atoms with E-state index < -0.39 is 0 Å². The Labute approximate surface area is 136 Å². The lowest BCUT2D eigenvalue weighted by molar-refractivity contribution is -0.115. The molecule has 1 amide bonds. The van der Waals surface area contributed by atoms with E-state index in [2.05, 4.69) is 10.6 Å². The van der Waals surface area contributed by atoms with Gasteiger partial charge < -0.3 is 10.6 Å². The fourth-order valence-electron chi connectivity index (χ4n) is 2.20.